The van der Waals surface area contributed by atoms with E-state index in [1.54, 1.807) is 13.1 Å². The van der Waals surface area contributed by atoms with Crippen LogP contribution in [0.4, 0.5) is 13.2 Å². The average Bonchev–Trinajstić information content (AvgIpc) is 2.92. The van der Waals surface area contributed by atoms with E-state index in [4.69, 9.17) is 0 Å². The van der Waals surface area contributed by atoms with Gasteiger partial charge < -0.3 is 10.2 Å². The number of halogens is 3. The van der Waals surface area contributed by atoms with E-state index in [0.717, 1.165) is 6.07 Å². The van der Waals surface area contributed by atoms with E-state index < -0.39 is 17.6 Å². The van der Waals surface area contributed by atoms with Crippen molar-refractivity contribution in [3.8, 4) is 0 Å². The number of hydrogen-bond donors (Lipinski definition) is 1. The average molecular weight is 298 g/mol. The summed E-state index contributed by atoms with van der Waals surface area (Å²) in [6.45, 7) is 3.06. The van der Waals surface area contributed by atoms with Gasteiger partial charge in [-0.15, -0.1) is 0 Å². The fraction of sp³-hybridized carbons (Fsp3) is 0.533. The highest BCUT2D eigenvalue weighted by Crippen LogP contribution is 2.42. The molecule has 0 saturated carbocycles. The monoisotopic (exact) mass is 298 g/mol. The highest BCUT2D eigenvalue weighted by atomic mass is 19.4. The van der Waals surface area contributed by atoms with Gasteiger partial charge in [-0.25, -0.2) is 0 Å². The summed E-state index contributed by atoms with van der Waals surface area (Å²) >= 11 is 0. The summed E-state index contributed by atoms with van der Waals surface area (Å²) in [5.41, 5.74) is 0.232. The van der Waals surface area contributed by atoms with E-state index >= 15 is 0 Å². The van der Waals surface area contributed by atoms with Gasteiger partial charge in [0.2, 0.25) is 0 Å². The van der Waals surface area contributed by atoms with Crippen molar-refractivity contribution in [3.63, 3.8) is 0 Å². The molecule has 1 aromatic carbocycles. The number of rotatable bonds is 1. The van der Waals surface area contributed by atoms with Crippen molar-refractivity contribution in [2.24, 2.45) is 0 Å². The van der Waals surface area contributed by atoms with E-state index in [1.807, 2.05) is 6.92 Å². The van der Waals surface area contributed by atoms with E-state index in [9.17, 15) is 18.0 Å². The molecule has 1 fully saturated rings. The third-order valence-electron chi connectivity index (χ3n) is 4.56. The molecule has 114 valence electrons. The van der Waals surface area contributed by atoms with Crippen molar-refractivity contribution in [1.82, 2.24) is 10.2 Å². The van der Waals surface area contributed by atoms with E-state index in [0.29, 0.717) is 30.6 Å². The summed E-state index contributed by atoms with van der Waals surface area (Å²) in [7, 11) is 1.59. The molecule has 1 N–H and O–H groups in total. The second-order valence-corrected chi connectivity index (χ2v) is 5.71. The van der Waals surface area contributed by atoms with Crippen LogP contribution in [-0.4, -0.2) is 37.0 Å². The Morgan fingerprint density at radius 1 is 1.33 bits per heavy atom. The summed E-state index contributed by atoms with van der Waals surface area (Å²) in [5.74, 6) is -0.583. The van der Waals surface area contributed by atoms with Gasteiger partial charge in [-0.2, -0.15) is 13.2 Å². The topological polar surface area (TPSA) is 32.3 Å². The van der Waals surface area contributed by atoms with Crippen LogP contribution in [0.25, 0.3) is 0 Å². The van der Waals surface area contributed by atoms with Crippen molar-refractivity contribution in [3.05, 3.63) is 34.4 Å². The zero-order valence-corrected chi connectivity index (χ0v) is 11.9. The van der Waals surface area contributed by atoms with Gasteiger partial charge in [0.1, 0.15) is 0 Å². The van der Waals surface area contributed by atoms with Crippen molar-refractivity contribution < 1.29 is 18.0 Å². The first-order valence-electron chi connectivity index (χ1n) is 7.06. The van der Waals surface area contributed by atoms with Crippen LogP contribution in [0, 0.1) is 0 Å². The molecule has 0 radical (unpaired) electrons. The first-order valence-corrected chi connectivity index (χ1v) is 7.06. The SMILES string of the molecule is CCc1cc2c(c(C(F)(F)F)c1)C(=O)N(C)C1CNC[C@@H]21. The third kappa shape index (κ3) is 2.12. The maximum absolute atomic E-state index is 13.3. The number of nitrogens with zero attached hydrogens (tertiary/aromatic N) is 1. The minimum absolute atomic E-state index is 0.0572. The van der Waals surface area contributed by atoms with Gasteiger partial charge >= 0.3 is 6.18 Å². The molecule has 1 aromatic rings. The van der Waals surface area contributed by atoms with Gasteiger partial charge in [0.15, 0.2) is 0 Å². The lowest BCUT2D eigenvalue weighted by molar-refractivity contribution is -0.138. The smallest absolute Gasteiger partial charge is 0.337 e. The molecule has 2 heterocycles. The number of carbonyl (C=O) groups is 1. The lowest BCUT2D eigenvalue weighted by atomic mass is 9.81. The van der Waals surface area contributed by atoms with Crippen LogP contribution < -0.4 is 5.32 Å². The predicted molar refractivity (Wildman–Crippen MR) is 72.3 cm³/mol. The fourth-order valence-electron chi connectivity index (χ4n) is 3.40. The Kier molecular flexibility index (Phi) is 3.24. The summed E-state index contributed by atoms with van der Waals surface area (Å²) in [5, 5.41) is 3.18. The number of fused-ring (bicyclic) bond motifs is 3. The molecule has 21 heavy (non-hydrogen) atoms. The minimum atomic E-state index is -4.51. The minimum Gasteiger partial charge on any atom is -0.337 e. The van der Waals surface area contributed by atoms with E-state index in [-0.39, 0.29) is 17.5 Å². The van der Waals surface area contributed by atoms with Crippen LogP contribution in [0.1, 0.15) is 39.9 Å². The first-order chi connectivity index (χ1) is 9.84. The summed E-state index contributed by atoms with van der Waals surface area (Å²) < 4.78 is 40.0. The third-order valence-corrected chi connectivity index (χ3v) is 4.56. The Morgan fingerprint density at radius 2 is 2.05 bits per heavy atom. The van der Waals surface area contributed by atoms with Crippen LogP contribution in [0.5, 0.6) is 0 Å². The van der Waals surface area contributed by atoms with Crippen molar-refractivity contribution in [1.29, 1.82) is 0 Å². The highest BCUT2D eigenvalue weighted by molar-refractivity contribution is 5.99. The van der Waals surface area contributed by atoms with E-state index in [1.165, 1.54) is 4.90 Å². The molecule has 0 aromatic heterocycles. The standard InChI is InChI=1S/C15H17F3N2O/c1-3-8-4-9-10-6-19-7-12(10)20(2)14(21)13(9)11(5-8)15(16,17)18/h4-5,10,12,19H,3,6-7H2,1-2H3/t10-,12?/m0/s1. The molecule has 0 spiro atoms. The van der Waals surface area contributed by atoms with Crippen LogP contribution in [-0.2, 0) is 12.6 Å². The molecule has 2 aliphatic rings. The summed E-state index contributed by atoms with van der Waals surface area (Å²) in [6, 6.07) is 2.84. The Hall–Kier alpha value is -1.56. The van der Waals surface area contributed by atoms with Gasteiger partial charge in [-0.05, 0) is 23.6 Å². The second kappa shape index (κ2) is 4.73. The summed E-state index contributed by atoms with van der Waals surface area (Å²) in [6.07, 6.45) is -3.99. The molecular weight excluding hydrogens is 281 g/mol. The lowest BCUT2D eigenvalue weighted by Crippen LogP contribution is -2.46. The number of aryl methyl sites for hydroxylation is 1. The van der Waals surface area contributed by atoms with Gasteiger partial charge in [-0.1, -0.05) is 13.0 Å². The van der Waals surface area contributed by atoms with Crippen molar-refractivity contribution in [2.75, 3.05) is 20.1 Å². The molecule has 6 heteroatoms. The van der Waals surface area contributed by atoms with Crippen molar-refractivity contribution in [2.45, 2.75) is 31.5 Å². The molecule has 1 saturated heterocycles. The number of hydrogen-bond acceptors (Lipinski definition) is 2. The Morgan fingerprint density at radius 3 is 2.67 bits per heavy atom. The molecule has 1 amide bonds. The number of carbonyl (C=O) groups excluding carboxylic acids is 1. The molecule has 1 unspecified atom stereocenters. The first kappa shape index (κ1) is 14.4. The molecule has 0 aliphatic carbocycles. The van der Waals surface area contributed by atoms with Crippen LogP contribution in [0.15, 0.2) is 12.1 Å². The normalized spacial score (nSPS) is 25.0. The Balaban J connectivity index is 2.27. The van der Waals surface area contributed by atoms with Crippen LogP contribution in [0.3, 0.4) is 0 Å². The molecule has 0 bridgehead atoms. The molecule has 2 aliphatic heterocycles. The second-order valence-electron chi connectivity index (χ2n) is 5.71. The number of nitrogens with one attached hydrogen (secondary N) is 1. The molecule has 3 nitrogen and oxygen atoms in total. The molecule has 3 rings (SSSR count). The lowest BCUT2D eigenvalue weighted by Gasteiger charge is -2.37. The van der Waals surface area contributed by atoms with Gasteiger partial charge in [-0.3, -0.25) is 4.79 Å². The summed E-state index contributed by atoms with van der Waals surface area (Å²) in [4.78, 5) is 13.9. The zero-order chi connectivity index (χ0) is 15.4. The number of amides is 1. The van der Waals surface area contributed by atoms with Gasteiger partial charge in [0.25, 0.3) is 5.91 Å². The quantitative estimate of drug-likeness (QED) is 0.863. The van der Waals surface area contributed by atoms with Crippen molar-refractivity contribution >= 4 is 5.91 Å². The molecular formula is C15H17F3N2O. The fourth-order valence-corrected chi connectivity index (χ4v) is 3.40. The van der Waals surface area contributed by atoms with Gasteiger partial charge in [0.05, 0.1) is 17.2 Å². The maximum atomic E-state index is 13.3. The number of benzene rings is 1. The number of alkyl halides is 3. The Bertz CT molecular complexity index is 597. The van der Waals surface area contributed by atoms with Crippen LogP contribution in [0.2, 0.25) is 0 Å². The predicted octanol–water partition coefficient (Wildman–Crippen LogP) is 2.41. The largest absolute Gasteiger partial charge is 0.417 e. The highest BCUT2D eigenvalue weighted by Gasteiger charge is 2.46. The zero-order valence-electron chi connectivity index (χ0n) is 11.9. The van der Waals surface area contributed by atoms with Crippen LogP contribution >= 0.6 is 0 Å². The Labute approximate surface area is 121 Å². The number of likely N-dealkylation sites (N-methyl/N-ethyl adjacent to an activating group) is 1. The maximum Gasteiger partial charge on any atom is 0.417 e. The van der Waals surface area contributed by atoms with Gasteiger partial charge in [0, 0.05) is 26.1 Å². The molecule has 2 atom stereocenters. The van der Waals surface area contributed by atoms with E-state index in [2.05, 4.69) is 5.32 Å².